The zero-order chi connectivity index (χ0) is 12.6. The molecule has 2 unspecified atom stereocenters. The summed E-state index contributed by atoms with van der Waals surface area (Å²) < 4.78 is 0. The second kappa shape index (κ2) is 4.45. The minimum absolute atomic E-state index is 0.459. The van der Waals surface area contributed by atoms with Crippen LogP contribution >= 0.6 is 0 Å². The molecule has 0 saturated heterocycles. The highest BCUT2D eigenvalue weighted by Crippen LogP contribution is 2.64. The highest BCUT2D eigenvalue weighted by Gasteiger charge is 2.57. The summed E-state index contributed by atoms with van der Waals surface area (Å²) in [6.07, 6.45) is 0. The van der Waals surface area contributed by atoms with Crippen molar-refractivity contribution in [3.63, 3.8) is 0 Å². The van der Waals surface area contributed by atoms with Gasteiger partial charge < -0.3 is 5.32 Å². The Labute approximate surface area is 106 Å². The monoisotopic (exact) mass is 231 g/mol. The molecule has 0 amide bonds. The van der Waals surface area contributed by atoms with Crippen molar-refractivity contribution < 1.29 is 0 Å². The molecule has 0 spiro atoms. The van der Waals surface area contributed by atoms with E-state index in [9.17, 15) is 0 Å². The van der Waals surface area contributed by atoms with Crippen molar-refractivity contribution in [3.8, 4) is 0 Å². The van der Waals surface area contributed by atoms with Crippen LogP contribution in [0.15, 0.2) is 18.2 Å². The Kier molecular flexibility index (Phi) is 3.31. The topological polar surface area (TPSA) is 12.0 Å². The van der Waals surface area contributed by atoms with Gasteiger partial charge in [-0.2, -0.15) is 0 Å². The molecular formula is C16H25N. The fraction of sp³-hybridized carbons (Fsp3) is 0.625. The molecule has 1 aliphatic rings. The predicted molar refractivity (Wildman–Crippen MR) is 74.5 cm³/mol. The summed E-state index contributed by atoms with van der Waals surface area (Å²) in [5.41, 5.74) is 4.94. The molecule has 1 saturated carbocycles. The maximum absolute atomic E-state index is 3.50. The van der Waals surface area contributed by atoms with Crippen LogP contribution in [0, 0.1) is 25.2 Å². The van der Waals surface area contributed by atoms with E-state index in [0.29, 0.717) is 5.41 Å². The first-order chi connectivity index (χ1) is 8.00. The maximum Gasteiger partial charge on any atom is -0.000924 e. The molecule has 0 radical (unpaired) electrons. The molecule has 1 nitrogen and oxygen atoms in total. The molecule has 1 N–H and O–H groups in total. The quantitative estimate of drug-likeness (QED) is 0.834. The number of hydrogen-bond acceptors (Lipinski definition) is 1. The van der Waals surface area contributed by atoms with Gasteiger partial charge in [-0.15, -0.1) is 0 Å². The first-order valence-electron chi connectivity index (χ1n) is 6.77. The van der Waals surface area contributed by atoms with Crippen molar-refractivity contribution in [2.75, 3.05) is 13.1 Å². The standard InChI is InChI=1S/C16H25N/c1-6-17-10-14-15(16(14,4)5)13-9-7-8-11(2)12(13)3/h7-9,14-15,17H,6,10H2,1-5H3. The van der Waals surface area contributed by atoms with Gasteiger partial charge in [-0.1, -0.05) is 39.0 Å². The lowest BCUT2D eigenvalue weighted by molar-refractivity contribution is 0.525. The molecule has 1 fully saturated rings. The molecule has 0 aliphatic heterocycles. The fourth-order valence-corrected chi connectivity index (χ4v) is 3.15. The van der Waals surface area contributed by atoms with Crippen LogP contribution in [0.1, 0.15) is 43.4 Å². The second-order valence-corrected chi connectivity index (χ2v) is 6.00. The molecule has 1 aliphatic carbocycles. The smallest absolute Gasteiger partial charge is 0.000924 e. The number of benzene rings is 1. The Bertz CT molecular complexity index is 406. The van der Waals surface area contributed by atoms with E-state index in [2.05, 4.69) is 58.1 Å². The van der Waals surface area contributed by atoms with Crippen LogP contribution in [0.2, 0.25) is 0 Å². The Morgan fingerprint density at radius 1 is 1.24 bits per heavy atom. The van der Waals surface area contributed by atoms with Gasteiger partial charge in [0.25, 0.3) is 0 Å². The van der Waals surface area contributed by atoms with Crippen molar-refractivity contribution in [1.29, 1.82) is 0 Å². The predicted octanol–water partition coefficient (Wildman–Crippen LogP) is 3.65. The van der Waals surface area contributed by atoms with Gasteiger partial charge in [0.1, 0.15) is 0 Å². The zero-order valence-electron chi connectivity index (χ0n) is 11.8. The first kappa shape index (κ1) is 12.6. The van der Waals surface area contributed by atoms with Crippen LogP contribution < -0.4 is 5.32 Å². The van der Waals surface area contributed by atoms with Gasteiger partial charge in [-0.3, -0.25) is 0 Å². The van der Waals surface area contributed by atoms with E-state index in [1.165, 1.54) is 11.1 Å². The molecule has 2 rings (SSSR count). The number of nitrogens with one attached hydrogen (secondary N) is 1. The summed E-state index contributed by atoms with van der Waals surface area (Å²) in [5.74, 6) is 1.53. The number of hydrogen-bond donors (Lipinski definition) is 1. The normalized spacial score (nSPS) is 25.9. The molecule has 2 atom stereocenters. The van der Waals surface area contributed by atoms with Gasteiger partial charge in [0.05, 0.1) is 0 Å². The maximum atomic E-state index is 3.50. The van der Waals surface area contributed by atoms with E-state index in [1.807, 2.05) is 0 Å². The molecule has 0 aromatic heterocycles. The second-order valence-electron chi connectivity index (χ2n) is 6.00. The minimum Gasteiger partial charge on any atom is -0.317 e. The number of rotatable bonds is 4. The van der Waals surface area contributed by atoms with Crippen molar-refractivity contribution in [3.05, 3.63) is 34.9 Å². The van der Waals surface area contributed by atoms with E-state index >= 15 is 0 Å². The molecule has 0 heterocycles. The number of aryl methyl sites for hydroxylation is 1. The van der Waals surface area contributed by atoms with E-state index in [1.54, 1.807) is 5.56 Å². The van der Waals surface area contributed by atoms with E-state index in [0.717, 1.165) is 24.9 Å². The lowest BCUT2D eigenvalue weighted by Gasteiger charge is -2.09. The van der Waals surface area contributed by atoms with Crippen LogP contribution in [-0.4, -0.2) is 13.1 Å². The van der Waals surface area contributed by atoms with E-state index < -0.39 is 0 Å². The molecule has 17 heavy (non-hydrogen) atoms. The summed E-state index contributed by atoms with van der Waals surface area (Å²) in [6.45, 7) is 13.7. The molecule has 0 bridgehead atoms. The average Bonchev–Trinajstić information content (AvgIpc) is 2.81. The van der Waals surface area contributed by atoms with Gasteiger partial charge in [-0.25, -0.2) is 0 Å². The lowest BCUT2D eigenvalue weighted by atomic mass is 9.96. The van der Waals surface area contributed by atoms with Crippen LogP contribution in [0.25, 0.3) is 0 Å². The summed E-state index contributed by atoms with van der Waals surface area (Å²) in [5, 5.41) is 3.50. The van der Waals surface area contributed by atoms with E-state index in [4.69, 9.17) is 0 Å². The average molecular weight is 231 g/mol. The zero-order valence-corrected chi connectivity index (χ0v) is 11.8. The summed E-state index contributed by atoms with van der Waals surface area (Å²) in [7, 11) is 0. The van der Waals surface area contributed by atoms with Crippen molar-refractivity contribution >= 4 is 0 Å². The van der Waals surface area contributed by atoms with Crippen LogP contribution in [0.4, 0.5) is 0 Å². The summed E-state index contributed by atoms with van der Waals surface area (Å²) >= 11 is 0. The summed E-state index contributed by atoms with van der Waals surface area (Å²) in [6, 6.07) is 6.74. The van der Waals surface area contributed by atoms with Gasteiger partial charge in [0.15, 0.2) is 0 Å². The van der Waals surface area contributed by atoms with E-state index in [-0.39, 0.29) is 0 Å². The van der Waals surface area contributed by atoms with Crippen LogP contribution in [0.5, 0.6) is 0 Å². The third kappa shape index (κ3) is 2.13. The van der Waals surface area contributed by atoms with Crippen molar-refractivity contribution in [1.82, 2.24) is 5.32 Å². The molecule has 1 aromatic rings. The lowest BCUT2D eigenvalue weighted by Crippen LogP contribution is -2.17. The SMILES string of the molecule is CCNCC1C(c2cccc(C)c2C)C1(C)C. The van der Waals surface area contributed by atoms with Crippen molar-refractivity contribution in [2.45, 2.75) is 40.5 Å². The Hall–Kier alpha value is -0.820. The third-order valence-corrected chi connectivity index (χ3v) is 4.65. The van der Waals surface area contributed by atoms with Gasteiger partial charge in [0.2, 0.25) is 0 Å². The van der Waals surface area contributed by atoms with Crippen LogP contribution in [0.3, 0.4) is 0 Å². The minimum atomic E-state index is 0.459. The third-order valence-electron chi connectivity index (χ3n) is 4.65. The van der Waals surface area contributed by atoms with Gasteiger partial charge in [0, 0.05) is 0 Å². The van der Waals surface area contributed by atoms with Gasteiger partial charge in [-0.05, 0) is 60.9 Å². The Morgan fingerprint density at radius 2 is 1.94 bits per heavy atom. The highest BCUT2D eigenvalue weighted by atomic mass is 14.9. The molecule has 94 valence electrons. The first-order valence-corrected chi connectivity index (χ1v) is 6.77. The van der Waals surface area contributed by atoms with Crippen LogP contribution in [-0.2, 0) is 0 Å². The largest absolute Gasteiger partial charge is 0.317 e. The molecular weight excluding hydrogens is 206 g/mol. The van der Waals surface area contributed by atoms with Crippen molar-refractivity contribution in [2.24, 2.45) is 11.3 Å². The Morgan fingerprint density at radius 3 is 2.59 bits per heavy atom. The molecule has 1 aromatic carbocycles. The summed E-state index contributed by atoms with van der Waals surface area (Å²) in [4.78, 5) is 0. The molecule has 1 heteroatoms. The fourth-order valence-electron chi connectivity index (χ4n) is 3.15. The van der Waals surface area contributed by atoms with Gasteiger partial charge >= 0.3 is 0 Å². The Balaban J connectivity index is 2.21. The highest BCUT2D eigenvalue weighted by molar-refractivity contribution is 5.41.